The van der Waals surface area contributed by atoms with Crippen LogP contribution in [0.5, 0.6) is 0 Å². The molecular formula is C23H22F4N4O3S. The van der Waals surface area contributed by atoms with Gasteiger partial charge < -0.3 is 15.2 Å². The zero-order valence-electron chi connectivity index (χ0n) is 19.4. The smallest absolute Gasteiger partial charge is 0.343 e. The third-order valence-electron chi connectivity index (χ3n) is 5.61. The van der Waals surface area contributed by atoms with Gasteiger partial charge in [0, 0.05) is 23.8 Å². The van der Waals surface area contributed by atoms with Gasteiger partial charge >= 0.3 is 6.18 Å². The van der Waals surface area contributed by atoms with E-state index in [1.165, 1.54) is 36.8 Å². The van der Waals surface area contributed by atoms with E-state index in [-0.39, 0.29) is 22.5 Å². The van der Waals surface area contributed by atoms with E-state index in [0.29, 0.717) is 23.5 Å². The highest BCUT2D eigenvalue weighted by molar-refractivity contribution is 7.07. The third kappa shape index (κ3) is 5.11. The molecule has 0 spiro atoms. The second-order valence-corrected chi connectivity index (χ2v) is 9.14. The molecule has 0 unspecified atom stereocenters. The highest BCUT2D eigenvalue weighted by Crippen LogP contribution is 2.33. The van der Waals surface area contributed by atoms with Gasteiger partial charge in [-0.3, -0.25) is 14.4 Å². The van der Waals surface area contributed by atoms with Crippen molar-refractivity contribution in [2.75, 3.05) is 5.32 Å². The van der Waals surface area contributed by atoms with E-state index >= 15 is 0 Å². The number of carbonyl (C=O) groups excluding carboxylic acids is 3. The molecule has 2 N–H and O–H groups in total. The Hall–Kier alpha value is -3.54. The summed E-state index contributed by atoms with van der Waals surface area (Å²) in [5.74, 6) is -4.07. The summed E-state index contributed by atoms with van der Waals surface area (Å²) in [4.78, 5) is 42.9. The minimum Gasteiger partial charge on any atom is -0.343 e. The topological polar surface area (TPSA) is 93.1 Å². The number of carbonyl (C=O) groups is 3. The van der Waals surface area contributed by atoms with Crippen molar-refractivity contribution in [3.63, 3.8) is 0 Å². The fourth-order valence-corrected chi connectivity index (χ4v) is 4.40. The summed E-state index contributed by atoms with van der Waals surface area (Å²) >= 11 is 1.34. The van der Waals surface area contributed by atoms with Crippen molar-refractivity contribution >= 4 is 34.6 Å². The fraction of sp³-hybridized carbons (Fsp3) is 0.304. The molecular weight excluding hydrogens is 488 g/mol. The van der Waals surface area contributed by atoms with Crippen molar-refractivity contribution in [2.24, 2.45) is 7.05 Å². The second kappa shape index (κ2) is 9.25. The van der Waals surface area contributed by atoms with Crippen molar-refractivity contribution in [3.05, 3.63) is 68.7 Å². The molecule has 0 aliphatic heterocycles. The molecule has 1 aromatic carbocycles. The highest BCUT2D eigenvalue weighted by atomic mass is 32.1. The Bertz CT molecular complexity index is 1310. The normalized spacial score (nSPS) is 11.9. The predicted octanol–water partition coefficient (Wildman–Crippen LogP) is 4.74. The van der Waals surface area contributed by atoms with Crippen LogP contribution in [0.15, 0.2) is 29.1 Å². The molecule has 35 heavy (non-hydrogen) atoms. The number of rotatable bonds is 6. The van der Waals surface area contributed by atoms with Crippen LogP contribution >= 0.6 is 11.3 Å². The molecule has 0 fully saturated rings. The molecule has 7 nitrogen and oxygen atoms in total. The number of aromatic nitrogens is 2. The molecule has 0 saturated carbocycles. The number of anilines is 1. The molecule has 12 heteroatoms. The molecule has 0 bridgehead atoms. The Morgan fingerprint density at radius 1 is 1.11 bits per heavy atom. The number of thiazole rings is 1. The number of hydrogen-bond acceptors (Lipinski definition) is 5. The van der Waals surface area contributed by atoms with Gasteiger partial charge in [0.1, 0.15) is 11.5 Å². The van der Waals surface area contributed by atoms with E-state index in [1.54, 1.807) is 24.7 Å². The Morgan fingerprint density at radius 3 is 2.34 bits per heavy atom. The first kappa shape index (κ1) is 26.1. The van der Waals surface area contributed by atoms with Gasteiger partial charge in [0.25, 0.3) is 17.6 Å². The van der Waals surface area contributed by atoms with Gasteiger partial charge in [-0.1, -0.05) is 0 Å². The molecule has 2 amide bonds. The standard InChI is InChI=1S/C23H22F4N4O3S/c1-11-17(19(32)21(34)30-22(3,4)16-9-35-10-28-16)12(2)31(5)18(11)20(33)29-13-6-7-15(24)14(8-13)23(25,26)27/h6-10H,1-5H3,(H,29,33)(H,30,34). The van der Waals surface area contributed by atoms with Gasteiger partial charge in [0.15, 0.2) is 0 Å². The first-order valence-corrected chi connectivity index (χ1v) is 11.2. The van der Waals surface area contributed by atoms with Crippen LogP contribution in [0.25, 0.3) is 0 Å². The van der Waals surface area contributed by atoms with Crippen molar-refractivity contribution in [1.29, 1.82) is 0 Å². The van der Waals surface area contributed by atoms with Crippen molar-refractivity contribution in [2.45, 2.75) is 39.4 Å². The van der Waals surface area contributed by atoms with Crippen LogP contribution in [0, 0.1) is 19.7 Å². The lowest BCUT2D eigenvalue weighted by Crippen LogP contribution is -2.44. The van der Waals surface area contributed by atoms with Crippen LogP contribution in [0.2, 0.25) is 0 Å². The number of Topliss-reactive ketones (excluding diaryl/α,β-unsaturated/α-hetero) is 1. The summed E-state index contributed by atoms with van der Waals surface area (Å²) in [6.45, 7) is 6.37. The predicted molar refractivity (Wildman–Crippen MR) is 122 cm³/mol. The number of nitrogens with one attached hydrogen (secondary N) is 2. The van der Waals surface area contributed by atoms with Crippen LogP contribution in [0.3, 0.4) is 0 Å². The van der Waals surface area contributed by atoms with Crippen LogP contribution in [0.1, 0.15) is 57.2 Å². The maximum absolute atomic E-state index is 13.6. The number of nitrogens with zero attached hydrogens (tertiary/aromatic N) is 2. The van der Waals surface area contributed by atoms with Gasteiger partial charge in [0.2, 0.25) is 0 Å². The largest absolute Gasteiger partial charge is 0.419 e. The number of amides is 2. The van der Waals surface area contributed by atoms with Crippen LogP contribution in [-0.4, -0.2) is 27.1 Å². The molecule has 2 aromatic heterocycles. The molecule has 2 heterocycles. The average Bonchev–Trinajstić information content (AvgIpc) is 3.36. The van der Waals surface area contributed by atoms with Gasteiger partial charge in [0.05, 0.1) is 27.9 Å². The molecule has 0 radical (unpaired) electrons. The van der Waals surface area contributed by atoms with E-state index in [2.05, 4.69) is 15.6 Å². The van der Waals surface area contributed by atoms with Gasteiger partial charge in [-0.2, -0.15) is 13.2 Å². The van der Waals surface area contributed by atoms with Gasteiger partial charge in [-0.25, -0.2) is 9.37 Å². The average molecular weight is 511 g/mol. The fourth-order valence-electron chi connectivity index (χ4n) is 3.68. The number of benzene rings is 1. The van der Waals surface area contributed by atoms with Crippen molar-refractivity contribution in [3.8, 4) is 0 Å². The first-order valence-electron chi connectivity index (χ1n) is 10.2. The van der Waals surface area contributed by atoms with E-state index in [1.807, 2.05) is 0 Å². The summed E-state index contributed by atoms with van der Waals surface area (Å²) in [5.41, 5.74) is -0.107. The van der Waals surface area contributed by atoms with Crippen LogP contribution < -0.4 is 10.6 Å². The number of hydrogen-bond donors (Lipinski definition) is 2. The Labute approximate surface area is 202 Å². The van der Waals surface area contributed by atoms with Crippen LogP contribution in [0.4, 0.5) is 23.2 Å². The van der Waals surface area contributed by atoms with E-state index in [0.717, 1.165) is 6.07 Å². The summed E-state index contributed by atoms with van der Waals surface area (Å²) in [6.07, 6.45) is -4.94. The lowest BCUT2D eigenvalue weighted by molar-refractivity contribution is -0.140. The summed E-state index contributed by atoms with van der Waals surface area (Å²) < 4.78 is 54.0. The monoisotopic (exact) mass is 510 g/mol. The zero-order valence-corrected chi connectivity index (χ0v) is 20.2. The molecule has 0 aliphatic carbocycles. The lowest BCUT2D eigenvalue weighted by Gasteiger charge is -2.23. The zero-order chi connectivity index (χ0) is 26.3. The van der Waals surface area contributed by atoms with E-state index in [4.69, 9.17) is 0 Å². The minimum atomic E-state index is -4.94. The van der Waals surface area contributed by atoms with Crippen LogP contribution in [-0.2, 0) is 23.6 Å². The molecule has 0 atom stereocenters. The van der Waals surface area contributed by atoms with Crippen molar-refractivity contribution in [1.82, 2.24) is 14.9 Å². The summed E-state index contributed by atoms with van der Waals surface area (Å²) in [5, 5.41) is 6.68. The van der Waals surface area contributed by atoms with Crippen molar-refractivity contribution < 1.29 is 31.9 Å². The highest BCUT2D eigenvalue weighted by Gasteiger charge is 2.35. The first-order chi connectivity index (χ1) is 16.1. The summed E-state index contributed by atoms with van der Waals surface area (Å²) in [6, 6.07) is 2.08. The Morgan fingerprint density at radius 2 is 1.77 bits per heavy atom. The van der Waals surface area contributed by atoms with E-state index in [9.17, 15) is 31.9 Å². The molecule has 3 aromatic rings. The third-order valence-corrected chi connectivity index (χ3v) is 6.19. The lowest BCUT2D eigenvalue weighted by atomic mass is 9.99. The molecule has 0 aliphatic rings. The SMILES string of the molecule is Cc1c(C(=O)C(=O)NC(C)(C)c2cscn2)c(C)n(C)c1C(=O)Nc1ccc(F)c(C(F)(F)F)c1. The number of halogens is 4. The summed E-state index contributed by atoms with van der Waals surface area (Å²) in [7, 11) is 1.48. The molecule has 186 valence electrons. The number of ketones is 1. The molecule has 3 rings (SSSR count). The molecule has 0 saturated heterocycles. The minimum absolute atomic E-state index is 0.000635. The maximum Gasteiger partial charge on any atom is 0.419 e. The second-order valence-electron chi connectivity index (χ2n) is 8.42. The van der Waals surface area contributed by atoms with Gasteiger partial charge in [-0.15, -0.1) is 11.3 Å². The van der Waals surface area contributed by atoms with Gasteiger partial charge in [-0.05, 0) is 51.5 Å². The number of alkyl halides is 3. The Kier molecular flexibility index (Phi) is 6.89. The quantitative estimate of drug-likeness (QED) is 0.285. The Balaban J connectivity index is 1.89. The van der Waals surface area contributed by atoms with E-state index < -0.39 is 40.7 Å². The maximum atomic E-state index is 13.6.